The number of piperazine rings is 1. The molecule has 2 aromatic carbocycles. The monoisotopic (exact) mass is 326 g/mol. The number of anilines is 1. The highest BCUT2D eigenvalue weighted by Gasteiger charge is 2.25. The van der Waals surface area contributed by atoms with Crippen molar-refractivity contribution >= 4 is 17.6 Å². The smallest absolute Gasteiger partial charge is 0.394 e. The van der Waals surface area contributed by atoms with Crippen LogP contribution in [0.25, 0.3) is 0 Å². The fraction of sp³-hybridized carbons (Fsp3) is 0.222. The molecule has 0 saturated carbocycles. The van der Waals surface area contributed by atoms with Crippen LogP contribution in [-0.4, -0.2) is 48.1 Å². The summed E-state index contributed by atoms with van der Waals surface area (Å²) in [7, 11) is 0. The Kier molecular flexibility index (Phi) is 4.65. The fourth-order valence-electron chi connectivity index (χ4n) is 2.65. The van der Waals surface area contributed by atoms with E-state index in [0.29, 0.717) is 26.2 Å². The van der Waals surface area contributed by atoms with Gasteiger partial charge in [0.2, 0.25) is 0 Å². The number of amides is 1. The first kappa shape index (κ1) is 15.9. The maximum atomic E-state index is 11.5. The molecule has 0 bridgehead atoms. The molecule has 2 aromatic rings. The number of nitrogens with zero attached hydrogens (tertiary/aromatic N) is 2. The van der Waals surface area contributed by atoms with E-state index in [-0.39, 0.29) is 0 Å². The quantitative estimate of drug-likeness (QED) is 0.876. The second-order valence-electron chi connectivity index (χ2n) is 5.49. The van der Waals surface area contributed by atoms with Gasteiger partial charge in [-0.25, -0.2) is 4.79 Å². The van der Waals surface area contributed by atoms with Crippen LogP contribution in [0.3, 0.4) is 0 Å². The third kappa shape index (κ3) is 3.65. The highest BCUT2D eigenvalue weighted by Crippen LogP contribution is 2.24. The number of carbonyl (C=O) groups is 2. The van der Waals surface area contributed by atoms with Gasteiger partial charge in [-0.15, -0.1) is 0 Å². The van der Waals surface area contributed by atoms with Crippen molar-refractivity contribution in [3.05, 3.63) is 54.6 Å². The number of rotatable bonds is 3. The zero-order valence-corrected chi connectivity index (χ0v) is 13.1. The van der Waals surface area contributed by atoms with Crippen LogP contribution in [0.4, 0.5) is 5.69 Å². The summed E-state index contributed by atoms with van der Waals surface area (Å²) in [5.74, 6) is -0.692. The Labute approximate surface area is 139 Å². The summed E-state index contributed by atoms with van der Waals surface area (Å²) in [6, 6.07) is 17.3. The second kappa shape index (κ2) is 7.04. The first-order chi connectivity index (χ1) is 11.6. The van der Waals surface area contributed by atoms with Crippen LogP contribution >= 0.6 is 0 Å². The van der Waals surface area contributed by atoms with Crippen molar-refractivity contribution in [2.75, 3.05) is 31.1 Å². The SMILES string of the molecule is O=C(O)C(=O)N1CCN(c2ccc(Oc3ccccc3)cc2)CC1. The van der Waals surface area contributed by atoms with E-state index < -0.39 is 11.9 Å². The number of aliphatic carboxylic acids is 1. The standard InChI is InChI=1S/C18H18N2O4/c21-17(18(22)23)20-12-10-19(11-13-20)14-6-8-16(9-7-14)24-15-4-2-1-3-5-15/h1-9H,10-13H2,(H,22,23). The first-order valence-corrected chi connectivity index (χ1v) is 7.73. The van der Waals surface area contributed by atoms with E-state index in [4.69, 9.17) is 9.84 Å². The van der Waals surface area contributed by atoms with Gasteiger partial charge in [0, 0.05) is 31.9 Å². The number of hydrogen-bond donors (Lipinski definition) is 1. The summed E-state index contributed by atoms with van der Waals surface area (Å²) in [4.78, 5) is 25.7. The Balaban J connectivity index is 1.59. The fourth-order valence-corrected chi connectivity index (χ4v) is 2.65. The number of benzene rings is 2. The predicted molar refractivity (Wildman–Crippen MR) is 89.4 cm³/mol. The molecule has 0 radical (unpaired) electrons. The molecule has 0 aromatic heterocycles. The van der Waals surface area contributed by atoms with Crippen molar-refractivity contribution < 1.29 is 19.4 Å². The van der Waals surface area contributed by atoms with Gasteiger partial charge in [0.05, 0.1) is 0 Å². The van der Waals surface area contributed by atoms with E-state index in [0.717, 1.165) is 17.2 Å². The molecule has 1 N–H and O–H groups in total. The zero-order chi connectivity index (χ0) is 16.9. The van der Waals surface area contributed by atoms with E-state index in [1.165, 1.54) is 4.90 Å². The van der Waals surface area contributed by atoms with Crippen LogP contribution in [0.2, 0.25) is 0 Å². The summed E-state index contributed by atoms with van der Waals surface area (Å²) in [6.07, 6.45) is 0. The van der Waals surface area contributed by atoms with Gasteiger partial charge >= 0.3 is 11.9 Å². The number of carbonyl (C=O) groups excluding carboxylic acids is 1. The number of carboxylic acids is 1. The molecule has 6 nitrogen and oxygen atoms in total. The summed E-state index contributed by atoms with van der Waals surface area (Å²) < 4.78 is 5.76. The van der Waals surface area contributed by atoms with Gasteiger partial charge in [-0.1, -0.05) is 18.2 Å². The third-order valence-electron chi connectivity index (χ3n) is 3.93. The Morgan fingerprint density at radius 3 is 2.00 bits per heavy atom. The molecule has 124 valence electrons. The van der Waals surface area contributed by atoms with Crippen LogP contribution < -0.4 is 9.64 Å². The minimum atomic E-state index is -1.40. The van der Waals surface area contributed by atoms with Crippen molar-refractivity contribution in [2.24, 2.45) is 0 Å². The lowest BCUT2D eigenvalue weighted by Gasteiger charge is -2.35. The molecule has 3 rings (SSSR count). The summed E-state index contributed by atoms with van der Waals surface area (Å²) in [5, 5.41) is 8.75. The van der Waals surface area contributed by atoms with Crippen LogP contribution in [-0.2, 0) is 9.59 Å². The van der Waals surface area contributed by atoms with E-state index in [9.17, 15) is 9.59 Å². The normalized spacial score (nSPS) is 14.3. The predicted octanol–water partition coefficient (Wildman–Crippen LogP) is 2.21. The number of para-hydroxylation sites is 1. The van der Waals surface area contributed by atoms with Crippen molar-refractivity contribution in [2.45, 2.75) is 0 Å². The number of hydrogen-bond acceptors (Lipinski definition) is 4. The first-order valence-electron chi connectivity index (χ1n) is 7.73. The van der Waals surface area contributed by atoms with Crippen LogP contribution in [0, 0.1) is 0 Å². The van der Waals surface area contributed by atoms with Crippen molar-refractivity contribution in [1.29, 1.82) is 0 Å². The molecule has 0 aliphatic carbocycles. The average molecular weight is 326 g/mol. The van der Waals surface area contributed by atoms with Gasteiger partial charge in [-0.2, -0.15) is 0 Å². The van der Waals surface area contributed by atoms with Crippen molar-refractivity contribution in [3.8, 4) is 11.5 Å². The molecular weight excluding hydrogens is 308 g/mol. The average Bonchev–Trinajstić information content (AvgIpc) is 2.63. The molecule has 1 saturated heterocycles. The highest BCUT2D eigenvalue weighted by molar-refractivity contribution is 6.31. The maximum Gasteiger partial charge on any atom is 0.394 e. The Morgan fingerprint density at radius 1 is 0.833 bits per heavy atom. The molecule has 6 heteroatoms. The summed E-state index contributed by atoms with van der Waals surface area (Å²) in [5.41, 5.74) is 1.03. The van der Waals surface area contributed by atoms with Crippen LogP contribution in [0.1, 0.15) is 0 Å². The van der Waals surface area contributed by atoms with Gasteiger partial charge in [-0.05, 0) is 36.4 Å². The van der Waals surface area contributed by atoms with Gasteiger partial charge in [-0.3, -0.25) is 4.79 Å². The Hall–Kier alpha value is -3.02. The van der Waals surface area contributed by atoms with Gasteiger partial charge in [0.25, 0.3) is 0 Å². The number of ether oxygens (including phenoxy) is 1. The minimum absolute atomic E-state index is 0.410. The largest absolute Gasteiger partial charge is 0.474 e. The molecular formula is C18H18N2O4. The lowest BCUT2D eigenvalue weighted by Crippen LogP contribution is -2.50. The Bertz CT molecular complexity index is 708. The molecule has 1 aliphatic rings. The van der Waals surface area contributed by atoms with Crippen LogP contribution in [0.15, 0.2) is 54.6 Å². The molecule has 1 heterocycles. The maximum absolute atomic E-state index is 11.5. The molecule has 24 heavy (non-hydrogen) atoms. The molecule has 1 aliphatic heterocycles. The van der Waals surface area contributed by atoms with Crippen molar-refractivity contribution in [3.63, 3.8) is 0 Å². The molecule has 1 fully saturated rings. The topological polar surface area (TPSA) is 70.1 Å². The third-order valence-corrected chi connectivity index (χ3v) is 3.93. The molecule has 1 amide bonds. The molecule has 0 atom stereocenters. The van der Waals surface area contributed by atoms with E-state index in [2.05, 4.69) is 4.90 Å². The van der Waals surface area contributed by atoms with Gasteiger partial charge < -0.3 is 19.6 Å². The minimum Gasteiger partial charge on any atom is -0.474 e. The van der Waals surface area contributed by atoms with E-state index in [1.807, 2.05) is 54.6 Å². The van der Waals surface area contributed by atoms with E-state index in [1.54, 1.807) is 0 Å². The molecule has 0 unspecified atom stereocenters. The summed E-state index contributed by atoms with van der Waals surface area (Å²) >= 11 is 0. The van der Waals surface area contributed by atoms with Gasteiger partial charge in [0.1, 0.15) is 11.5 Å². The van der Waals surface area contributed by atoms with E-state index >= 15 is 0 Å². The second-order valence-corrected chi connectivity index (χ2v) is 5.49. The lowest BCUT2D eigenvalue weighted by atomic mass is 10.2. The Morgan fingerprint density at radius 2 is 1.42 bits per heavy atom. The van der Waals surface area contributed by atoms with Gasteiger partial charge in [0.15, 0.2) is 0 Å². The number of carboxylic acid groups (broad SMARTS) is 1. The summed E-state index contributed by atoms with van der Waals surface area (Å²) in [6.45, 7) is 2.04. The molecule has 0 spiro atoms. The lowest BCUT2D eigenvalue weighted by molar-refractivity contribution is -0.156. The highest BCUT2D eigenvalue weighted by atomic mass is 16.5. The van der Waals surface area contributed by atoms with Crippen LogP contribution in [0.5, 0.6) is 11.5 Å². The van der Waals surface area contributed by atoms with Crippen molar-refractivity contribution in [1.82, 2.24) is 4.90 Å². The zero-order valence-electron chi connectivity index (χ0n) is 13.1.